The van der Waals surface area contributed by atoms with Gasteiger partial charge in [0.25, 0.3) is 0 Å². The number of hydrogen-bond acceptors (Lipinski definition) is 12. The summed E-state index contributed by atoms with van der Waals surface area (Å²) in [5.41, 5.74) is 12.0. The van der Waals surface area contributed by atoms with Gasteiger partial charge in [-0.2, -0.15) is 0 Å². The predicted molar refractivity (Wildman–Crippen MR) is 273 cm³/mol. The van der Waals surface area contributed by atoms with E-state index in [4.69, 9.17) is 4.74 Å². The Morgan fingerprint density at radius 3 is 2.01 bits per heavy atom. The van der Waals surface area contributed by atoms with Crippen molar-refractivity contribution in [1.82, 2.24) is 46.1 Å². The number of likely N-dealkylation sites (N-methyl/N-ethyl adjacent to an activating group) is 1. The smallest absolute Gasteiger partial charge is 0.245 e. The lowest BCUT2D eigenvalue weighted by Gasteiger charge is -2.35. The number of ether oxygens (including phenoxy) is 1. The van der Waals surface area contributed by atoms with Crippen molar-refractivity contribution < 1.29 is 33.5 Å². The number of unbranched alkanes of at least 4 members (excludes halogenated alkanes) is 3. The number of aryl methyl sites for hydroxylation is 1. The predicted octanol–water partition coefficient (Wildman–Crippen LogP) is 4.72. The van der Waals surface area contributed by atoms with Crippen LogP contribution in [-0.2, 0) is 53.7 Å². The van der Waals surface area contributed by atoms with Gasteiger partial charge in [-0.3, -0.25) is 28.7 Å². The second-order valence-corrected chi connectivity index (χ2v) is 16.8. The Kier molecular flexibility index (Phi) is 38.1. The molecule has 18 heteroatoms. The normalized spacial score (nSPS) is 17.7. The Labute approximate surface area is 412 Å². The fourth-order valence-electron chi connectivity index (χ4n) is 7.20. The van der Waals surface area contributed by atoms with Crippen LogP contribution in [0.5, 0.6) is 0 Å². The van der Waals surface area contributed by atoms with Crippen LogP contribution >= 0.6 is 0 Å². The summed E-state index contributed by atoms with van der Waals surface area (Å²) in [6, 6.07) is 19.4. The zero-order chi connectivity index (χ0) is 51.7. The van der Waals surface area contributed by atoms with Gasteiger partial charge in [0.1, 0.15) is 18.0 Å². The van der Waals surface area contributed by atoms with Crippen molar-refractivity contribution in [2.45, 2.75) is 155 Å². The number of rotatable bonds is 18. The molecule has 0 bridgehead atoms. The third kappa shape index (κ3) is 29.8. The third-order valence-corrected chi connectivity index (χ3v) is 11.3. The highest BCUT2D eigenvalue weighted by atomic mass is 16.5. The standard InChI is InChI=1S/C15H27N3O2.C13H16N4O2.C8H9NO.C6H12O.C5H11N.C3H7NO.CH5N/c1-10-8-9-12-6-4-5-7-13(15(20)18(10)12)17-14(19)11(2)16-3;1-17-7-12(15-16-17)8-19-9-13(14-10-18)11-5-3-2-4-6-11;10-7-9-6-8-4-2-1-3-5-8;1-2-3-4-5-6-7;1-6-4-2-3-5-6;1-2-3(4)5;1-2/h10-13,16H,4-9H2,1-3H3,(H,17,19);2-7,10,13H,8-9H2,1H3,(H,14,18);1-5,7H,6H2,(H,9,10);6H,2-5H2,1H3;2-5H2,1H3;2H2,1H3,(H2,4,5);2H2,1H3. The highest BCUT2D eigenvalue weighted by Gasteiger charge is 2.39. The van der Waals surface area contributed by atoms with E-state index in [1.54, 1.807) is 31.9 Å². The van der Waals surface area contributed by atoms with E-state index in [1.807, 2.05) is 72.5 Å². The first-order valence-electron chi connectivity index (χ1n) is 24.5. The van der Waals surface area contributed by atoms with Gasteiger partial charge in [0.05, 0.1) is 31.5 Å². The molecule has 3 fully saturated rings. The minimum Gasteiger partial charge on any atom is -0.373 e. The van der Waals surface area contributed by atoms with Crippen LogP contribution in [0.3, 0.4) is 0 Å². The average Bonchev–Trinajstić information content (AvgIpc) is 4.13. The number of likely N-dealkylation sites (tertiary alicyclic amines) is 1. The maximum absolute atomic E-state index is 12.7. The summed E-state index contributed by atoms with van der Waals surface area (Å²) in [6.45, 7) is 11.8. The molecule has 5 atom stereocenters. The fraction of sp³-hybridized carbons (Fsp3) is 0.608. The minimum absolute atomic E-state index is 0.0881. The van der Waals surface area contributed by atoms with Gasteiger partial charge in [0, 0.05) is 38.5 Å². The quantitative estimate of drug-likeness (QED) is 0.0749. The van der Waals surface area contributed by atoms with Crippen molar-refractivity contribution in [3.63, 3.8) is 0 Å². The summed E-state index contributed by atoms with van der Waals surface area (Å²) in [4.78, 5) is 68.9. The van der Waals surface area contributed by atoms with E-state index in [9.17, 15) is 28.8 Å². The first kappa shape index (κ1) is 63.4. The maximum Gasteiger partial charge on any atom is 0.245 e. The highest BCUT2D eigenvalue weighted by molar-refractivity contribution is 5.90. The Morgan fingerprint density at radius 2 is 1.51 bits per heavy atom. The lowest BCUT2D eigenvalue weighted by Crippen LogP contribution is -2.55. The Hall–Kier alpha value is -5.56. The van der Waals surface area contributed by atoms with Crippen molar-refractivity contribution >= 4 is 36.8 Å². The van der Waals surface area contributed by atoms with Gasteiger partial charge >= 0.3 is 0 Å². The summed E-state index contributed by atoms with van der Waals surface area (Å²) in [5.74, 6) is -0.212. The van der Waals surface area contributed by atoms with Crippen LogP contribution in [0.1, 0.15) is 134 Å². The number of primary amides is 1. The molecule has 5 amide bonds. The second-order valence-electron chi connectivity index (χ2n) is 16.8. The summed E-state index contributed by atoms with van der Waals surface area (Å²) >= 11 is 0. The average molecular weight is 966 g/mol. The van der Waals surface area contributed by atoms with Crippen LogP contribution in [0.25, 0.3) is 0 Å². The van der Waals surface area contributed by atoms with Gasteiger partial charge in [-0.05, 0) is 104 Å². The van der Waals surface area contributed by atoms with Crippen molar-refractivity contribution in [3.8, 4) is 0 Å². The van der Waals surface area contributed by atoms with Gasteiger partial charge in [0.15, 0.2) is 0 Å². The van der Waals surface area contributed by atoms with Crippen molar-refractivity contribution in [2.75, 3.05) is 40.8 Å². The second kappa shape index (κ2) is 41.4. The highest BCUT2D eigenvalue weighted by Crippen LogP contribution is 2.30. The van der Waals surface area contributed by atoms with Crippen LogP contribution < -0.4 is 32.7 Å². The molecule has 2 aromatic carbocycles. The van der Waals surface area contributed by atoms with Crippen LogP contribution in [0.2, 0.25) is 0 Å². The molecule has 0 spiro atoms. The number of hydrogen-bond donors (Lipinski definition) is 6. The minimum atomic E-state index is -0.346. The molecular formula is C51H87N11O7. The Balaban J connectivity index is 0.000000862. The molecule has 1 aromatic heterocycles. The van der Waals surface area contributed by atoms with Gasteiger partial charge in [-0.25, -0.2) is 0 Å². The molecule has 0 aliphatic carbocycles. The topological polar surface area (TPSA) is 249 Å². The SMILES string of the molecule is CCC(N)=O.CCCCCC=O.CN.CN1CCCC1.CNC(C)C(=O)NC1CCCCC2CCC(C)N2C1=O.Cn1cc(COCC(NC=O)c2ccccc2)nn1.O=CNCc1ccccc1. The number of amides is 5. The van der Waals surface area contributed by atoms with E-state index < -0.39 is 0 Å². The number of carbonyl (C=O) groups excluding carboxylic acids is 6. The number of fused-ring (bicyclic) bond motifs is 1. The molecular weight excluding hydrogens is 879 g/mol. The number of aldehydes is 1. The number of carbonyl (C=O) groups is 6. The lowest BCUT2D eigenvalue weighted by atomic mass is 9.98. The molecule has 3 aliphatic heterocycles. The molecule has 388 valence electrons. The van der Waals surface area contributed by atoms with Crippen LogP contribution in [-0.4, -0.2) is 127 Å². The summed E-state index contributed by atoms with van der Waals surface area (Å²) in [7, 11) is 7.23. The molecule has 6 rings (SSSR count). The lowest BCUT2D eigenvalue weighted by molar-refractivity contribution is -0.140. The molecule has 69 heavy (non-hydrogen) atoms. The fourth-order valence-corrected chi connectivity index (χ4v) is 7.20. The number of nitrogens with two attached hydrogens (primary N) is 2. The zero-order valence-corrected chi connectivity index (χ0v) is 42.9. The monoisotopic (exact) mass is 966 g/mol. The molecule has 0 saturated carbocycles. The molecule has 3 saturated heterocycles. The molecule has 5 unspecified atom stereocenters. The van der Waals surface area contributed by atoms with Gasteiger partial charge in [-0.15, -0.1) is 5.10 Å². The molecule has 4 heterocycles. The van der Waals surface area contributed by atoms with E-state index >= 15 is 0 Å². The number of benzene rings is 2. The Bertz CT molecular complexity index is 1760. The van der Waals surface area contributed by atoms with Crippen molar-refractivity contribution in [1.29, 1.82) is 0 Å². The van der Waals surface area contributed by atoms with Gasteiger partial charge in [0.2, 0.25) is 30.5 Å². The van der Waals surface area contributed by atoms with Crippen molar-refractivity contribution in [2.24, 2.45) is 18.5 Å². The Morgan fingerprint density at radius 1 is 0.884 bits per heavy atom. The van der Waals surface area contributed by atoms with Crippen molar-refractivity contribution in [3.05, 3.63) is 83.7 Å². The summed E-state index contributed by atoms with van der Waals surface area (Å²) in [6.07, 6.45) is 17.9. The third-order valence-electron chi connectivity index (χ3n) is 11.3. The largest absolute Gasteiger partial charge is 0.373 e. The first-order chi connectivity index (χ1) is 33.3. The van der Waals surface area contributed by atoms with Gasteiger partial charge in [-0.1, -0.05) is 105 Å². The first-order valence-corrected chi connectivity index (χ1v) is 24.5. The zero-order valence-electron chi connectivity index (χ0n) is 42.9. The maximum atomic E-state index is 12.7. The number of aromatic nitrogens is 3. The van der Waals surface area contributed by atoms with E-state index in [2.05, 4.69) is 68.8 Å². The number of nitrogens with zero attached hydrogens (tertiary/aromatic N) is 5. The van der Waals surface area contributed by atoms with E-state index in [-0.39, 0.29) is 35.8 Å². The van der Waals surface area contributed by atoms with Gasteiger partial charge < -0.3 is 52.1 Å². The molecule has 8 N–H and O–H groups in total. The van der Waals surface area contributed by atoms with E-state index in [0.29, 0.717) is 51.1 Å². The molecule has 0 radical (unpaired) electrons. The molecule has 3 aromatic rings. The van der Waals surface area contributed by atoms with Crippen LogP contribution in [0.15, 0.2) is 66.9 Å². The van der Waals surface area contributed by atoms with E-state index in [1.165, 1.54) is 45.8 Å². The summed E-state index contributed by atoms with van der Waals surface area (Å²) < 4.78 is 7.19. The molecule has 3 aliphatic rings. The van der Waals surface area contributed by atoms with Crippen LogP contribution in [0.4, 0.5) is 0 Å². The van der Waals surface area contributed by atoms with E-state index in [0.717, 1.165) is 74.5 Å². The summed E-state index contributed by atoms with van der Waals surface area (Å²) in [5, 5.41) is 18.9. The molecule has 18 nitrogen and oxygen atoms in total. The number of nitrogens with one attached hydrogen (secondary N) is 4. The van der Waals surface area contributed by atoms with Crippen LogP contribution in [0, 0.1) is 0 Å².